The van der Waals surface area contributed by atoms with Crippen molar-refractivity contribution in [3.05, 3.63) is 18.6 Å². The van der Waals surface area contributed by atoms with Gasteiger partial charge in [0.1, 0.15) is 5.03 Å². The summed E-state index contributed by atoms with van der Waals surface area (Å²) < 4.78 is 0. The average Bonchev–Trinajstić information content (AvgIpc) is 2.45. The van der Waals surface area contributed by atoms with Gasteiger partial charge in [0.05, 0.1) is 6.20 Å². The van der Waals surface area contributed by atoms with Crippen molar-refractivity contribution in [2.45, 2.75) is 50.1 Å². The van der Waals surface area contributed by atoms with Gasteiger partial charge in [-0.1, -0.05) is 26.2 Å². The molecular formula is C14H23N3S. The van der Waals surface area contributed by atoms with Crippen LogP contribution >= 0.6 is 11.8 Å². The van der Waals surface area contributed by atoms with Crippen LogP contribution in [0.15, 0.2) is 23.6 Å². The second-order valence-corrected chi connectivity index (χ2v) is 5.96. The molecule has 0 aliphatic heterocycles. The first-order valence-corrected chi connectivity index (χ1v) is 8.01. The van der Waals surface area contributed by atoms with E-state index in [1.54, 1.807) is 12.4 Å². The highest BCUT2D eigenvalue weighted by atomic mass is 32.2. The van der Waals surface area contributed by atoms with E-state index in [0.29, 0.717) is 6.04 Å². The van der Waals surface area contributed by atoms with Crippen molar-refractivity contribution in [1.82, 2.24) is 15.3 Å². The quantitative estimate of drug-likeness (QED) is 0.802. The Bertz CT molecular complexity index is 325. The molecule has 0 saturated heterocycles. The summed E-state index contributed by atoms with van der Waals surface area (Å²) in [5.41, 5.74) is 0. The summed E-state index contributed by atoms with van der Waals surface area (Å²) in [6.07, 6.45) is 12.4. The summed E-state index contributed by atoms with van der Waals surface area (Å²) in [6.45, 7) is 3.25. The van der Waals surface area contributed by atoms with Crippen LogP contribution in [0.2, 0.25) is 0 Å². The molecule has 0 amide bonds. The summed E-state index contributed by atoms with van der Waals surface area (Å²) in [5.74, 6) is 1.96. The molecular weight excluding hydrogens is 242 g/mol. The number of thioether (sulfide) groups is 1. The van der Waals surface area contributed by atoms with Gasteiger partial charge in [-0.3, -0.25) is 4.98 Å². The van der Waals surface area contributed by atoms with Crippen LogP contribution in [0, 0.1) is 5.92 Å². The lowest BCUT2D eigenvalue weighted by atomic mass is 9.84. The molecule has 1 aromatic rings. The predicted molar refractivity (Wildman–Crippen MR) is 76.8 cm³/mol. The van der Waals surface area contributed by atoms with Crippen molar-refractivity contribution in [3.63, 3.8) is 0 Å². The van der Waals surface area contributed by atoms with E-state index in [1.807, 2.05) is 18.0 Å². The van der Waals surface area contributed by atoms with Crippen LogP contribution in [0.3, 0.4) is 0 Å². The number of aromatic nitrogens is 2. The van der Waals surface area contributed by atoms with Gasteiger partial charge in [-0.2, -0.15) is 0 Å². The van der Waals surface area contributed by atoms with Gasteiger partial charge in [-0.25, -0.2) is 4.98 Å². The standard InChI is InChI=1S/C14H23N3S/c1-2-16-13(12-6-4-3-5-7-12)11-18-14-10-15-8-9-17-14/h8-10,12-13,16H,2-7,11H2,1H3. The number of nitrogens with one attached hydrogen (secondary N) is 1. The molecule has 1 aliphatic rings. The number of hydrogen-bond donors (Lipinski definition) is 1. The maximum absolute atomic E-state index is 4.33. The Morgan fingerprint density at radius 2 is 2.17 bits per heavy atom. The molecule has 1 saturated carbocycles. The third-order valence-corrected chi connectivity index (χ3v) is 4.67. The van der Waals surface area contributed by atoms with E-state index >= 15 is 0 Å². The first-order chi connectivity index (χ1) is 8.90. The molecule has 0 spiro atoms. The Hall–Kier alpha value is -0.610. The van der Waals surface area contributed by atoms with Gasteiger partial charge in [0.2, 0.25) is 0 Å². The van der Waals surface area contributed by atoms with E-state index in [9.17, 15) is 0 Å². The largest absolute Gasteiger partial charge is 0.313 e. The Morgan fingerprint density at radius 3 is 2.83 bits per heavy atom. The summed E-state index contributed by atoms with van der Waals surface area (Å²) in [5, 5.41) is 4.69. The Kier molecular flexibility index (Phi) is 5.94. The van der Waals surface area contributed by atoms with Crippen LogP contribution in [0.4, 0.5) is 0 Å². The fourth-order valence-electron chi connectivity index (χ4n) is 2.70. The Labute approximate surface area is 114 Å². The zero-order valence-corrected chi connectivity index (χ0v) is 12.0. The maximum Gasteiger partial charge on any atom is 0.114 e. The van der Waals surface area contributed by atoms with Crippen LogP contribution in [-0.2, 0) is 0 Å². The molecule has 1 fully saturated rings. The predicted octanol–water partition coefficient (Wildman–Crippen LogP) is 3.13. The van der Waals surface area contributed by atoms with Crippen molar-refractivity contribution < 1.29 is 0 Å². The number of nitrogens with zero attached hydrogens (tertiary/aromatic N) is 2. The minimum atomic E-state index is 0.627. The summed E-state index contributed by atoms with van der Waals surface area (Å²) in [6, 6.07) is 0.627. The smallest absolute Gasteiger partial charge is 0.114 e. The SMILES string of the molecule is CCNC(CSc1cnccn1)C1CCCCC1. The highest BCUT2D eigenvalue weighted by Gasteiger charge is 2.22. The van der Waals surface area contributed by atoms with E-state index in [2.05, 4.69) is 22.2 Å². The summed E-state index contributed by atoms with van der Waals surface area (Å²) >= 11 is 1.83. The first-order valence-electron chi connectivity index (χ1n) is 7.02. The molecule has 0 radical (unpaired) electrons. The first kappa shape index (κ1) is 13.8. The molecule has 1 unspecified atom stereocenters. The molecule has 1 aliphatic carbocycles. The monoisotopic (exact) mass is 265 g/mol. The van der Waals surface area contributed by atoms with Crippen molar-refractivity contribution in [3.8, 4) is 0 Å². The molecule has 4 heteroatoms. The normalized spacial score (nSPS) is 18.7. The lowest BCUT2D eigenvalue weighted by Crippen LogP contribution is -2.39. The average molecular weight is 265 g/mol. The number of hydrogen-bond acceptors (Lipinski definition) is 4. The topological polar surface area (TPSA) is 37.8 Å². The minimum Gasteiger partial charge on any atom is -0.313 e. The van der Waals surface area contributed by atoms with Crippen LogP contribution in [0.5, 0.6) is 0 Å². The Balaban J connectivity index is 1.85. The molecule has 1 N–H and O–H groups in total. The van der Waals surface area contributed by atoms with Crippen molar-refractivity contribution >= 4 is 11.8 Å². The van der Waals surface area contributed by atoms with E-state index in [-0.39, 0.29) is 0 Å². The second-order valence-electron chi connectivity index (χ2n) is 4.92. The molecule has 0 aromatic carbocycles. The molecule has 3 nitrogen and oxygen atoms in total. The Morgan fingerprint density at radius 1 is 1.33 bits per heavy atom. The van der Waals surface area contributed by atoms with Crippen LogP contribution in [-0.4, -0.2) is 28.3 Å². The number of rotatable bonds is 6. The van der Waals surface area contributed by atoms with Gasteiger partial charge in [-0.05, 0) is 25.3 Å². The van der Waals surface area contributed by atoms with Crippen molar-refractivity contribution in [2.24, 2.45) is 5.92 Å². The summed E-state index contributed by atoms with van der Waals surface area (Å²) in [4.78, 5) is 8.45. The van der Waals surface area contributed by atoms with Crippen LogP contribution in [0.25, 0.3) is 0 Å². The van der Waals surface area contributed by atoms with Crippen molar-refractivity contribution in [2.75, 3.05) is 12.3 Å². The zero-order valence-electron chi connectivity index (χ0n) is 11.1. The third-order valence-electron chi connectivity index (χ3n) is 3.64. The van der Waals surface area contributed by atoms with Gasteiger partial charge in [0, 0.05) is 24.2 Å². The van der Waals surface area contributed by atoms with Gasteiger partial charge in [0.25, 0.3) is 0 Å². The van der Waals surface area contributed by atoms with E-state index in [0.717, 1.165) is 23.2 Å². The molecule has 100 valence electrons. The highest BCUT2D eigenvalue weighted by Crippen LogP contribution is 2.29. The second kappa shape index (κ2) is 7.74. The van der Waals surface area contributed by atoms with E-state index in [1.165, 1.54) is 32.1 Å². The fraction of sp³-hybridized carbons (Fsp3) is 0.714. The van der Waals surface area contributed by atoms with Gasteiger partial charge in [0.15, 0.2) is 0 Å². The lowest BCUT2D eigenvalue weighted by molar-refractivity contribution is 0.288. The van der Waals surface area contributed by atoms with Crippen molar-refractivity contribution in [1.29, 1.82) is 0 Å². The maximum atomic E-state index is 4.33. The zero-order chi connectivity index (χ0) is 12.6. The third kappa shape index (κ3) is 4.25. The molecule has 1 aromatic heterocycles. The molecule has 2 rings (SSSR count). The van der Waals surface area contributed by atoms with E-state index in [4.69, 9.17) is 0 Å². The molecule has 0 bridgehead atoms. The van der Waals surface area contributed by atoms with Crippen LogP contribution < -0.4 is 5.32 Å². The fourth-order valence-corrected chi connectivity index (χ4v) is 3.71. The van der Waals surface area contributed by atoms with Crippen LogP contribution in [0.1, 0.15) is 39.0 Å². The minimum absolute atomic E-state index is 0.627. The summed E-state index contributed by atoms with van der Waals surface area (Å²) in [7, 11) is 0. The molecule has 1 heterocycles. The van der Waals surface area contributed by atoms with Gasteiger partial charge in [-0.15, -0.1) is 11.8 Å². The van der Waals surface area contributed by atoms with Gasteiger partial charge < -0.3 is 5.32 Å². The highest BCUT2D eigenvalue weighted by molar-refractivity contribution is 7.99. The molecule has 1 atom stereocenters. The lowest BCUT2D eigenvalue weighted by Gasteiger charge is -2.30. The molecule has 18 heavy (non-hydrogen) atoms. The van der Waals surface area contributed by atoms with E-state index < -0.39 is 0 Å². The van der Waals surface area contributed by atoms with Gasteiger partial charge >= 0.3 is 0 Å².